The monoisotopic (exact) mass is 442 g/mol. The van der Waals surface area contributed by atoms with E-state index in [0.29, 0.717) is 18.8 Å². The molecule has 2 amide bonds. The maximum absolute atomic E-state index is 13.4. The molecule has 0 saturated carbocycles. The largest absolute Gasteiger partial charge is 0.493 e. The van der Waals surface area contributed by atoms with Crippen LogP contribution in [-0.4, -0.2) is 23.3 Å². The van der Waals surface area contributed by atoms with Gasteiger partial charge >= 0.3 is 0 Å². The van der Waals surface area contributed by atoms with Crippen molar-refractivity contribution in [3.63, 3.8) is 0 Å². The first kappa shape index (κ1) is 23.8. The number of benzene rings is 3. The van der Waals surface area contributed by atoms with E-state index >= 15 is 0 Å². The van der Waals surface area contributed by atoms with E-state index in [1.165, 1.54) is 6.92 Å². The highest BCUT2D eigenvalue weighted by atomic mass is 16.5. The molecule has 3 aromatic rings. The highest BCUT2D eigenvalue weighted by Crippen LogP contribution is 2.26. The number of rotatable bonds is 9. The molecule has 0 spiro atoms. The van der Waals surface area contributed by atoms with E-state index in [1.807, 2.05) is 97.6 Å². The van der Waals surface area contributed by atoms with Crippen molar-refractivity contribution in [1.82, 2.24) is 4.90 Å². The van der Waals surface area contributed by atoms with Crippen LogP contribution < -0.4 is 10.1 Å². The second kappa shape index (κ2) is 11.7. The number of nitrogens with zero attached hydrogens (tertiary/aromatic N) is 1. The zero-order valence-electron chi connectivity index (χ0n) is 19.3. The molecule has 1 N–H and O–H groups in total. The van der Waals surface area contributed by atoms with Crippen molar-refractivity contribution in [2.45, 2.75) is 33.4 Å². The van der Waals surface area contributed by atoms with Crippen LogP contribution in [0.25, 0.3) is 6.08 Å². The third-order valence-electron chi connectivity index (χ3n) is 5.26. The van der Waals surface area contributed by atoms with E-state index in [1.54, 1.807) is 12.2 Å². The Kier molecular flexibility index (Phi) is 8.42. The molecule has 0 aromatic heterocycles. The van der Waals surface area contributed by atoms with E-state index in [9.17, 15) is 9.59 Å². The number of amides is 2. The van der Waals surface area contributed by atoms with Gasteiger partial charge in [-0.1, -0.05) is 60.7 Å². The van der Waals surface area contributed by atoms with Crippen LogP contribution in [0.3, 0.4) is 0 Å². The molecule has 1 unspecified atom stereocenters. The number of hydrogen-bond donors (Lipinski definition) is 1. The summed E-state index contributed by atoms with van der Waals surface area (Å²) in [6.07, 6.45) is 3.39. The van der Waals surface area contributed by atoms with Gasteiger partial charge in [0.2, 0.25) is 11.8 Å². The lowest BCUT2D eigenvalue weighted by atomic mass is 10.0. The zero-order valence-corrected chi connectivity index (χ0v) is 19.3. The fourth-order valence-electron chi connectivity index (χ4n) is 3.61. The molecule has 5 heteroatoms. The van der Waals surface area contributed by atoms with Crippen LogP contribution in [0.4, 0.5) is 5.69 Å². The van der Waals surface area contributed by atoms with Gasteiger partial charge in [0.05, 0.1) is 12.6 Å². The molecule has 33 heavy (non-hydrogen) atoms. The Labute approximate surface area is 195 Å². The normalized spacial score (nSPS) is 11.7. The first-order chi connectivity index (χ1) is 16.0. The Balaban J connectivity index is 1.89. The van der Waals surface area contributed by atoms with Gasteiger partial charge in [-0.3, -0.25) is 9.59 Å². The van der Waals surface area contributed by atoms with Crippen LogP contribution in [0.15, 0.2) is 84.9 Å². The standard InChI is InChI=1S/C28H30N2O3/c1-4-33-27-16-9-8-13-24(27)17-18-28(32)30(20-23-11-6-5-7-12-23)21(2)25-14-10-15-26(19-25)29-22(3)31/h5-19,21H,4,20H2,1-3H3,(H,29,31). The molecule has 170 valence electrons. The molecule has 0 radical (unpaired) electrons. The minimum atomic E-state index is -0.210. The number of ether oxygens (including phenoxy) is 1. The first-order valence-electron chi connectivity index (χ1n) is 11.1. The van der Waals surface area contributed by atoms with E-state index in [4.69, 9.17) is 4.74 Å². The Hall–Kier alpha value is -3.86. The second-order valence-electron chi connectivity index (χ2n) is 7.74. The van der Waals surface area contributed by atoms with E-state index in [2.05, 4.69) is 5.32 Å². The van der Waals surface area contributed by atoms with Crippen LogP contribution in [0, 0.1) is 0 Å². The number of para-hydroxylation sites is 1. The number of anilines is 1. The lowest BCUT2D eigenvalue weighted by Crippen LogP contribution is -2.32. The smallest absolute Gasteiger partial charge is 0.247 e. The van der Waals surface area contributed by atoms with Crippen LogP contribution in [0.1, 0.15) is 43.5 Å². The summed E-state index contributed by atoms with van der Waals surface area (Å²) in [5.41, 5.74) is 3.54. The summed E-state index contributed by atoms with van der Waals surface area (Å²) in [7, 11) is 0. The Morgan fingerprint density at radius 2 is 1.73 bits per heavy atom. The van der Waals surface area contributed by atoms with Gasteiger partial charge in [-0.2, -0.15) is 0 Å². The van der Waals surface area contributed by atoms with Crippen molar-refractivity contribution >= 4 is 23.6 Å². The molecule has 0 aliphatic rings. The summed E-state index contributed by atoms with van der Waals surface area (Å²) in [5, 5.41) is 2.81. The molecule has 0 heterocycles. The summed E-state index contributed by atoms with van der Waals surface area (Å²) >= 11 is 0. The Morgan fingerprint density at radius 1 is 1.00 bits per heavy atom. The van der Waals surface area contributed by atoms with Gasteiger partial charge in [0.1, 0.15) is 5.75 Å². The first-order valence-corrected chi connectivity index (χ1v) is 11.1. The van der Waals surface area contributed by atoms with Crippen LogP contribution in [0.5, 0.6) is 5.75 Å². The fourth-order valence-corrected chi connectivity index (χ4v) is 3.61. The predicted octanol–water partition coefficient (Wildman–Crippen LogP) is 5.85. The highest BCUT2D eigenvalue weighted by Gasteiger charge is 2.21. The maximum Gasteiger partial charge on any atom is 0.247 e. The number of nitrogens with one attached hydrogen (secondary N) is 1. The molecule has 3 aromatic carbocycles. The fraction of sp³-hybridized carbons (Fsp3) is 0.214. The molecule has 0 saturated heterocycles. The molecular weight excluding hydrogens is 412 g/mol. The summed E-state index contributed by atoms with van der Waals surface area (Å²) in [5.74, 6) is 0.505. The van der Waals surface area contributed by atoms with E-state index in [0.717, 1.165) is 22.4 Å². The van der Waals surface area contributed by atoms with E-state index < -0.39 is 0 Å². The highest BCUT2D eigenvalue weighted by molar-refractivity contribution is 5.92. The van der Waals surface area contributed by atoms with Gasteiger partial charge in [-0.05, 0) is 49.2 Å². The average Bonchev–Trinajstić information content (AvgIpc) is 2.82. The van der Waals surface area contributed by atoms with E-state index in [-0.39, 0.29) is 17.9 Å². The van der Waals surface area contributed by atoms with Gasteiger partial charge < -0.3 is 15.0 Å². The summed E-state index contributed by atoms with van der Waals surface area (Å²) in [6.45, 7) is 6.43. The van der Waals surface area contributed by atoms with Crippen LogP contribution >= 0.6 is 0 Å². The van der Waals surface area contributed by atoms with Crippen molar-refractivity contribution in [2.75, 3.05) is 11.9 Å². The molecule has 0 bridgehead atoms. The number of hydrogen-bond acceptors (Lipinski definition) is 3. The SMILES string of the molecule is CCOc1ccccc1C=CC(=O)N(Cc1ccccc1)C(C)c1cccc(NC(C)=O)c1. The summed E-state index contributed by atoms with van der Waals surface area (Å²) in [6, 6.07) is 25.0. The minimum absolute atomic E-state index is 0.109. The third kappa shape index (κ3) is 6.81. The van der Waals surface area contributed by atoms with Gasteiger partial charge in [-0.15, -0.1) is 0 Å². The molecule has 5 nitrogen and oxygen atoms in total. The lowest BCUT2D eigenvalue weighted by Gasteiger charge is -2.29. The molecule has 1 atom stereocenters. The minimum Gasteiger partial charge on any atom is -0.493 e. The van der Waals surface area contributed by atoms with Crippen molar-refractivity contribution in [3.8, 4) is 5.75 Å². The van der Waals surface area contributed by atoms with Gasteiger partial charge in [0.15, 0.2) is 0 Å². The Bertz CT molecular complexity index is 1110. The summed E-state index contributed by atoms with van der Waals surface area (Å²) in [4.78, 5) is 26.7. The lowest BCUT2D eigenvalue weighted by molar-refractivity contribution is -0.128. The number of carbonyl (C=O) groups excluding carboxylic acids is 2. The zero-order chi connectivity index (χ0) is 23.6. The second-order valence-corrected chi connectivity index (χ2v) is 7.74. The molecule has 0 aliphatic carbocycles. The molecular formula is C28H30N2O3. The van der Waals surface area contributed by atoms with Crippen molar-refractivity contribution in [2.24, 2.45) is 0 Å². The summed E-state index contributed by atoms with van der Waals surface area (Å²) < 4.78 is 5.68. The van der Waals surface area contributed by atoms with Gasteiger partial charge in [0.25, 0.3) is 0 Å². The van der Waals surface area contributed by atoms with Crippen molar-refractivity contribution in [1.29, 1.82) is 0 Å². The molecule has 0 fully saturated rings. The molecule has 3 rings (SSSR count). The van der Waals surface area contributed by atoms with Gasteiger partial charge in [0, 0.05) is 30.8 Å². The van der Waals surface area contributed by atoms with Crippen LogP contribution in [0.2, 0.25) is 0 Å². The Morgan fingerprint density at radius 3 is 2.45 bits per heavy atom. The average molecular weight is 443 g/mol. The van der Waals surface area contributed by atoms with Crippen molar-refractivity contribution < 1.29 is 14.3 Å². The predicted molar refractivity (Wildman–Crippen MR) is 133 cm³/mol. The molecule has 0 aliphatic heterocycles. The topological polar surface area (TPSA) is 58.6 Å². The van der Waals surface area contributed by atoms with Gasteiger partial charge in [-0.25, -0.2) is 0 Å². The maximum atomic E-state index is 13.4. The quantitative estimate of drug-likeness (QED) is 0.423. The number of carbonyl (C=O) groups is 2. The van der Waals surface area contributed by atoms with Crippen molar-refractivity contribution in [3.05, 3.63) is 102 Å². The third-order valence-corrected chi connectivity index (χ3v) is 5.26. The van der Waals surface area contributed by atoms with Crippen LogP contribution in [-0.2, 0) is 16.1 Å².